The van der Waals surface area contributed by atoms with E-state index in [-0.39, 0.29) is 12.0 Å². The SMILES string of the molecule is N=C(NCc1ccccc1)N1CC[C@@H](OC(=O)[C@](O)(c2ccccc2)C2CCCC2)C1. The van der Waals surface area contributed by atoms with E-state index in [4.69, 9.17) is 10.1 Å². The Kier molecular flexibility index (Phi) is 6.56. The van der Waals surface area contributed by atoms with Gasteiger partial charge in [-0.25, -0.2) is 4.79 Å². The Morgan fingerprint density at radius 3 is 2.39 bits per heavy atom. The van der Waals surface area contributed by atoms with Crippen molar-refractivity contribution in [2.75, 3.05) is 13.1 Å². The lowest BCUT2D eigenvalue weighted by atomic mass is 9.80. The van der Waals surface area contributed by atoms with Crippen LogP contribution >= 0.6 is 0 Å². The Bertz CT molecular complexity index is 883. The van der Waals surface area contributed by atoms with Crippen LogP contribution in [0.1, 0.15) is 43.2 Å². The first-order valence-corrected chi connectivity index (χ1v) is 11.2. The molecule has 2 aromatic rings. The summed E-state index contributed by atoms with van der Waals surface area (Å²) in [5.41, 5.74) is 0.113. The van der Waals surface area contributed by atoms with Crippen molar-refractivity contribution in [1.82, 2.24) is 10.2 Å². The monoisotopic (exact) mass is 421 g/mol. The Hall–Kier alpha value is -2.86. The van der Waals surface area contributed by atoms with Gasteiger partial charge in [0.2, 0.25) is 0 Å². The zero-order chi connectivity index (χ0) is 21.7. The lowest BCUT2D eigenvalue weighted by molar-refractivity contribution is -0.178. The molecule has 3 N–H and O–H groups in total. The predicted octanol–water partition coefficient (Wildman–Crippen LogP) is 3.41. The van der Waals surface area contributed by atoms with Crippen LogP contribution in [-0.2, 0) is 21.7 Å². The van der Waals surface area contributed by atoms with E-state index in [9.17, 15) is 9.90 Å². The van der Waals surface area contributed by atoms with Gasteiger partial charge in [0.25, 0.3) is 0 Å². The molecule has 2 atom stereocenters. The highest BCUT2D eigenvalue weighted by atomic mass is 16.6. The molecule has 0 spiro atoms. The van der Waals surface area contributed by atoms with Crippen LogP contribution in [0.4, 0.5) is 0 Å². The molecule has 0 bridgehead atoms. The largest absolute Gasteiger partial charge is 0.458 e. The Morgan fingerprint density at radius 2 is 1.71 bits per heavy atom. The number of nitrogens with one attached hydrogen (secondary N) is 2. The average molecular weight is 422 g/mol. The molecule has 0 unspecified atom stereocenters. The van der Waals surface area contributed by atoms with E-state index in [1.807, 2.05) is 65.6 Å². The van der Waals surface area contributed by atoms with Crippen LogP contribution in [0.2, 0.25) is 0 Å². The maximum atomic E-state index is 13.2. The van der Waals surface area contributed by atoms with E-state index in [0.29, 0.717) is 37.6 Å². The van der Waals surface area contributed by atoms with Crippen molar-refractivity contribution in [2.45, 2.75) is 50.4 Å². The number of likely N-dealkylation sites (tertiary alicyclic amines) is 1. The molecule has 31 heavy (non-hydrogen) atoms. The summed E-state index contributed by atoms with van der Waals surface area (Å²) in [7, 11) is 0. The first-order valence-electron chi connectivity index (χ1n) is 11.2. The minimum atomic E-state index is -1.61. The molecule has 1 heterocycles. The molecule has 164 valence electrons. The van der Waals surface area contributed by atoms with Gasteiger partial charge < -0.3 is 20.1 Å². The quantitative estimate of drug-likeness (QED) is 0.378. The van der Waals surface area contributed by atoms with E-state index in [2.05, 4.69) is 5.32 Å². The van der Waals surface area contributed by atoms with Crippen molar-refractivity contribution in [3.8, 4) is 0 Å². The fourth-order valence-electron chi connectivity index (χ4n) is 4.72. The molecule has 0 aromatic heterocycles. The number of hydrogen-bond acceptors (Lipinski definition) is 4. The Morgan fingerprint density at radius 1 is 1.06 bits per heavy atom. The van der Waals surface area contributed by atoms with Crippen molar-refractivity contribution in [3.63, 3.8) is 0 Å². The molecule has 2 aromatic carbocycles. The van der Waals surface area contributed by atoms with Gasteiger partial charge in [0.1, 0.15) is 6.10 Å². The summed E-state index contributed by atoms with van der Waals surface area (Å²) in [5.74, 6) is -0.344. The van der Waals surface area contributed by atoms with E-state index in [0.717, 1.165) is 31.2 Å². The van der Waals surface area contributed by atoms with Gasteiger partial charge in [-0.2, -0.15) is 0 Å². The molecular weight excluding hydrogens is 390 g/mol. The summed E-state index contributed by atoms with van der Waals surface area (Å²) in [6, 6.07) is 19.1. The Labute approximate surface area is 183 Å². The van der Waals surface area contributed by atoms with Crippen molar-refractivity contribution in [3.05, 3.63) is 71.8 Å². The summed E-state index contributed by atoms with van der Waals surface area (Å²) < 4.78 is 5.83. The third kappa shape index (κ3) is 4.74. The minimum absolute atomic E-state index is 0.120. The van der Waals surface area contributed by atoms with Crippen molar-refractivity contribution >= 4 is 11.9 Å². The van der Waals surface area contributed by atoms with E-state index in [1.54, 1.807) is 0 Å². The van der Waals surface area contributed by atoms with Crippen LogP contribution in [0.25, 0.3) is 0 Å². The predicted molar refractivity (Wildman–Crippen MR) is 119 cm³/mol. The number of esters is 1. The lowest BCUT2D eigenvalue weighted by Crippen LogP contribution is -2.45. The zero-order valence-electron chi connectivity index (χ0n) is 17.8. The molecule has 6 heteroatoms. The van der Waals surface area contributed by atoms with E-state index in [1.165, 1.54) is 0 Å². The van der Waals surface area contributed by atoms with Gasteiger partial charge >= 0.3 is 5.97 Å². The molecule has 2 fully saturated rings. The van der Waals surface area contributed by atoms with Gasteiger partial charge in [0, 0.05) is 25.4 Å². The fraction of sp³-hybridized carbons (Fsp3) is 0.440. The highest BCUT2D eigenvalue weighted by molar-refractivity contribution is 5.82. The minimum Gasteiger partial charge on any atom is -0.458 e. The number of ether oxygens (including phenoxy) is 1. The molecule has 0 amide bonds. The fourth-order valence-corrected chi connectivity index (χ4v) is 4.72. The van der Waals surface area contributed by atoms with Gasteiger partial charge in [-0.3, -0.25) is 5.41 Å². The summed E-state index contributed by atoms with van der Waals surface area (Å²) in [4.78, 5) is 15.1. The van der Waals surface area contributed by atoms with E-state index >= 15 is 0 Å². The van der Waals surface area contributed by atoms with Crippen LogP contribution in [-0.4, -0.2) is 41.1 Å². The number of hydrogen-bond donors (Lipinski definition) is 3. The van der Waals surface area contributed by atoms with Gasteiger partial charge in [-0.15, -0.1) is 0 Å². The first-order chi connectivity index (χ1) is 15.1. The number of carbonyl (C=O) groups is 1. The molecule has 6 nitrogen and oxygen atoms in total. The lowest BCUT2D eigenvalue weighted by Gasteiger charge is -2.33. The molecule has 1 saturated heterocycles. The molecule has 2 aliphatic rings. The highest BCUT2D eigenvalue weighted by Crippen LogP contribution is 2.41. The number of rotatable bonds is 6. The molecule has 1 saturated carbocycles. The number of carbonyl (C=O) groups excluding carboxylic acids is 1. The van der Waals surface area contributed by atoms with Crippen molar-refractivity contribution in [2.24, 2.45) is 5.92 Å². The standard InChI is InChI=1S/C25H31N3O3/c26-24(27-17-19-9-3-1-4-10-19)28-16-15-22(18-28)31-23(29)25(30,21-13-7-8-14-21)20-11-5-2-6-12-20/h1-6,9-12,21-22,30H,7-8,13-18H2,(H2,26,27)/t22-,25+/m1/s1. The molecule has 1 aliphatic heterocycles. The van der Waals surface area contributed by atoms with Crippen LogP contribution < -0.4 is 5.32 Å². The van der Waals surface area contributed by atoms with Crippen LogP contribution in [0, 0.1) is 11.3 Å². The molecule has 1 aliphatic carbocycles. The van der Waals surface area contributed by atoms with Crippen molar-refractivity contribution < 1.29 is 14.6 Å². The molecular formula is C25H31N3O3. The zero-order valence-corrected chi connectivity index (χ0v) is 17.8. The highest BCUT2D eigenvalue weighted by Gasteiger charge is 2.48. The van der Waals surface area contributed by atoms with Crippen LogP contribution in [0.15, 0.2) is 60.7 Å². The van der Waals surface area contributed by atoms with Crippen LogP contribution in [0.5, 0.6) is 0 Å². The van der Waals surface area contributed by atoms with Gasteiger partial charge in [0.15, 0.2) is 11.6 Å². The summed E-state index contributed by atoms with van der Waals surface area (Å²) >= 11 is 0. The summed E-state index contributed by atoms with van der Waals surface area (Å²) in [6.45, 7) is 1.68. The normalized spacial score (nSPS) is 20.9. The third-order valence-corrected chi connectivity index (χ3v) is 6.51. The second kappa shape index (κ2) is 9.52. The summed E-state index contributed by atoms with van der Waals surface area (Å²) in [5, 5.41) is 23.0. The molecule has 0 radical (unpaired) electrons. The van der Waals surface area contributed by atoms with Crippen LogP contribution in [0.3, 0.4) is 0 Å². The van der Waals surface area contributed by atoms with Crippen molar-refractivity contribution in [1.29, 1.82) is 5.41 Å². The topological polar surface area (TPSA) is 85.7 Å². The first kappa shape index (κ1) is 21.4. The van der Waals surface area contributed by atoms with Gasteiger partial charge in [-0.1, -0.05) is 73.5 Å². The summed E-state index contributed by atoms with van der Waals surface area (Å²) in [6.07, 6.45) is 4.01. The number of aliphatic hydroxyl groups is 1. The smallest absolute Gasteiger partial charge is 0.343 e. The third-order valence-electron chi connectivity index (χ3n) is 6.51. The second-order valence-electron chi connectivity index (χ2n) is 8.56. The molecule has 4 rings (SSSR count). The van der Waals surface area contributed by atoms with Gasteiger partial charge in [0.05, 0.1) is 6.54 Å². The Balaban J connectivity index is 1.37. The maximum absolute atomic E-state index is 13.2. The van der Waals surface area contributed by atoms with Gasteiger partial charge in [-0.05, 0) is 24.0 Å². The number of guanidine groups is 1. The second-order valence-corrected chi connectivity index (χ2v) is 8.56. The number of nitrogens with zero attached hydrogens (tertiary/aromatic N) is 1. The average Bonchev–Trinajstić information content (AvgIpc) is 3.51. The maximum Gasteiger partial charge on any atom is 0.343 e. The van der Waals surface area contributed by atoms with E-state index < -0.39 is 11.6 Å². The number of benzene rings is 2.